The number of ether oxygens (including phenoxy) is 1. The molecular formula is C15H19NO3. The quantitative estimate of drug-likeness (QED) is 0.642. The maximum Gasteiger partial charge on any atom is 0.325 e. The molecule has 0 bridgehead atoms. The average molecular weight is 261 g/mol. The molecule has 1 heterocycles. The van der Waals surface area contributed by atoms with Gasteiger partial charge in [-0.15, -0.1) is 0 Å². The highest BCUT2D eigenvalue weighted by molar-refractivity contribution is 5.82. The van der Waals surface area contributed by atoms with Crippen molar-refractivity contribution in [3.63, 3.8) is 0 Å². The lowest BCUT2D eigenvalue weighted by Crippen LogP contribution is -2.13. The van der Waals surface area contributed by atoms with Gasteiger partial charge in [0.05, 0.1) is 13.2 Å². The van der Waals surface area contributed by atoms with Crippen LogP contribution >= 0.6 is 0 Å². The van der Waals surface area contributed by atoms with Crippen molar-refractivity contribution in [1.29, 1.82) is 0 Å². The van der Waals surface area contributed by atoms with E-state index in [1.165, 1.54) is 0 Å². The summed E-state index contributed by atoms with van der Waals surface area (Å²) in [5.41, 5.74) is 1.78. The summed E-state index contributed by atoms with van der Waals surface area (Å²) in [6.45, 7) is 2.75. The molecule has 0 spiro atoms. The van der Waals surface area contributed by atoms with Crippen molar-refractivity contribution < 1.29 is 14.6 Å². The van der Waals surface area contributed by atoms with E-state index in [1.54, 1.807) is 0 Å². The lowest BCUT2D eigenvalue weighted by atomic mass is 10.2. The van der Waals surface area contributed by atoms with Crippen LogP contribution in [0, 0.1) is 0 Å². The molecule has 2 aromatic rings. The van der Waals surface area contributed by atoms with Gasteiger partial charge in [0.15, 0.2) is 0 Å². The predicted octanol–water partition coefficient (Wildman–Crippen LogP) is 2.48. The first-order valence-corrected chi connectivity index (χ1v) is 6.59. The molecular weight excluding hydrogens is 242 g/mol. The number of unbranched alkanes of at least 4 members (excludes halogenated alkanes) is 1. The largest absolute Gasteiger partial charge is 0.464 e. The second-order valence-corrected chi connectivity index (χ2v) is 4.57. The first-order chi connectivity index (χ1) is 9.24. The molecule has 4 nitrogen and oxygen atoms in total. The first-order valence-electron chi connectivity index (χ1n) is 6.59. The van der Waals surface area contributed by atoms with Gasteiger partial charge in [-0.25, -0.2) is 0 Å². The van der Waals surface area contributed by atoms with E-state index in [4.69, 9.17) is 9.84 Å². The minimum Gasteiger partial charge on any atom is -0.464 e. The molecule has 0 saturated heterocycles. The molecule has 0 aliphatic heterocycles. The van der Waals surface area contributed by atoms with Crippen molar-refractivity contribution in [3.8, 4) is 0 Å². The highest BCUT2D eigenvalue weighted by Crippen LogP contribution is 2.18. The van der Waals surface area contributed by atoms with Crippen molar-refractivity contribution in [1.82, 2.24) is 4.57 Å². The number of aliphatic hydroxyl groups excluding tert-OH is 1. The molecule has 19 heavy (non-hydrogen) atoms. The minimum absolute atomic E-state index is 0.00205. The van der Waals surface area contributed by atoms with Crippen LogP contribution in [-0.2, 0) is 22.7 Å². The summed E-state index contributed by atoms with van der Waals surface area (Å²) in [5, 5.41) is 10.2. The van der Waals surface area contributed by atoms with E-state index in [0.29, 0.717) is 6.61 Å². The average Bonchev–Trinajstić information content (AvgIpc) is 2.81. The smallest absolute Gasteiger partial charge is 0.325 e. The van der Waals surface area contributed by atoms with Gasteiger partial charge in [-0.2, -0.15) is 0 Å². The van der Waals surface area contributed by atoms with Crippen LogP contribution in [0.1, 0.15) is 25.3 Å². The molecule has 1 aromatic heterocycles. The monoisotopic (exact) mass is 261 g/mol. The predicted molar refractivity (Wildman–Crippen MR) is 73.7 cm³/mol. The van der Waals surface area contributed by atoms with Crippen molar-refractivity contribution in [2.75, 3.05) is 6.61 Å². The van der Waals surface area contributed by atoms with Crippen molar-refractivity contribution in [2.24, 2.45) is 0 Å². The zero-order chi connectivity index (χ0) is 13.7. The van der Waals surface area contributed by atoms with Gasteiger partial charge in [0, 0.05) is 11.7 Å². The minimum atomic E-state index is -0.222. The summed E-state index contributed by atoms with van der Waals surface area (Å²) < 4.78 is 7.00. The molecule has 0 aliphatic rings. The van der Waals surface area contributed by atoms with E-state index in [2.05, 4.69) is 6.92 Å². The van der Waals surface area contributed by atoms with Crippen LogP contribution in [0.4, 0.5) is 0 Å². The summed E-state index contributed by atoms with van der Waals surface area (Å²) in [6.07, 6.45) is 3.78. The van der Waals surface area contributed by atoms with E-state index in [1.807, 2.05) is 35.0 Å². The van der Waals surface area contributed by atoms with Gasteiger partial charge in [-0.1, -0.05) is 25.5 Å². The fraction of sp³-hybridized carbons (Fsp3) is 0.400. The molecule has 0 radical (unpaired) electrons. The number of aliphatic hydroxyl groups is 1. The Morgan fingerprint density at radius 2 is 2.21 bits per heavy atom. The van der Waals surface area contributed by atoms with Gasteiger partial charge in [0.2, 0.25) is 0 Å². The highest BCUT2D eigenvalue weighted by atomic mass is 16.5. The molecule has 0 atom stereocenters. The third-order valence-electron chi connectivity index (χ3n) is 3.08. The van der Waals surface area contributed by atoms with Crippen LogP contribution in [0.3, 0.4) is 0 Å². The summed E-state index contributed by atoms with van der Waals surface area (Å²) in [5.74, 6) is -0.222. The van der Waals surface area contributed by atoms with Crippen LogP contribution < -0.4 is 0 Å². The molecule has 0 unspecified atom stereocenters. The molecule has 0 aliphatic carbocycles. The second kappa shape index (κ2) is 6.38. The Morgan fingerprint density at radius 1 is 1.37 bits per heavy atom. The van der Waals surface area contributed by atoms with Gasteiger partial charge >= 0.3 is 5.97 Å². The summed E-state index contributed by atoms with van der Waals surface area (Å²) in [6, 6.07) is 7.68. The number of hydrogen-bond acceptors (Lipinski definition) is 3. The van der Waals surface area contributed by atoms with Crippen LogP contribution in [0.25, 0.3) is 10.9 Å². The maximum absolute atomic E-state index is 11.7. The fourth-order valence-corrected chi connectivity index (χ4v) is 1.98. The molecule has 0 fully saturated rings. The maximum atomic E-state index is 11.7. The standard InChI is InChI=1S/C15H19NO3/c1-2-3-8-19-15(18)10-16-7-6-13-5-4-12(11-17)9-14(13)16/h4-7,9,17H,2-3,8,10-11H2,1H3. The molecule has 1 aromatic carbocycles. The lowest BCUT2D eigenvalue weighted by Gasteiger charge is -2.07. The Kier molecular flexibility index (Phi) is 4.58. The van der Waals surface area contributed by atoms with Gasteiger partial charge in [0.25, 0.3) is 0 Å². The molecule has 102 valence electrons. The van der Waals surface area contributed by atoms with Crippen molar-refractivity contribution >= 4 is 16.9 Å². The third kappa shape index (κ3) is 3.35. The van der Waals surface area contributed by atoms with Crippen LogP contribution in [0.2, 0.25) is 0 Å². The molecule has 2 rings (SSSR count). The number of carbonyl (C=O) groups excluding carboxylic acids is 1. The first kappa shape index (κ1) is 13.6. The zero-order valence-corrected chi connectivity index (χ0v) is 11.1. The zero-order valence-electron chi connectivity index (χ0n) is 11.1. The number of aromatic nitrogens is 1. The van der Waals surface area contributed by atoms with E-state index in [-0.39, 0.29) is 19.1 Å². The number of rotatable bonds is 6. The van der Waals surface area contributed by atoms with Crippen LogP contribution in [0.15, 0.2) is 30.5 Å². The SMILES string of the molecule is CCCCOC(=O)Cn1ccc2ccc(CO)cc21. The normalized spacial score (nSPS) is 10.8. The lowest BCUT2D eigenvalue weighted by molar-refractivity contribution is -0.144. The van der Waals surface area contributed by atoms with Gasteiger partial charge < -0.3 is 14.4 Å². The van der Waals surface area contributed by atoms with Crippen LogP contribution in [-0.4, -0.2) is 22.2 Å². The fourth-order valence-electron chi connectivity index (χ4n) is 1.98. The third-order valence-corrected chi connectivity index (χ3v) is 3.08. The Morgan fingerprint density at radius 3 is 2.95 bits per heavy atom. The number of nitrogens with zero attached hydrogens (tertiary/aromatic N) is 1. The number of benzene rings is 1. The summed E-state index contributed by atoms with van der Waals surface area (Å²) in [4.78, 5) is 11.7. The van der Waals surface area contributed by atoms with Gasteiger partial charge in [0.1, 0.15) is 6.54 Å². The summed E-state index contributed by atoms with van der Waals surface area (Å²) in [7, 11) is 0. The topological polar surface area (TPSA) is 51.5 Å². The Bertz CT molecular complexity index is 560. The Hall–Kier alpha value is -1.81. The highest BCUT2D eigenvalue weighted by Gasteiger charge is 2.07. The molecule has 4 heteroatoms. The number of hydrogen-bond donors (Lipinski definition) is 1. The van der Waals surface area contributed by atoms with E-state index in [9.17, 15) is 4.79 Å². The summed E-state index contributed by atoms with van der Waals surface area (Å²) >= 11 is 0. The Labute approximate surface area is 112 Å². The van der Waals surface area contributed by atoms with Gasteiger partial charge in [-0.3, -0.25) is 4.79 Å². The van der Waals surface area contributed by atoms with Crippen LogP contribution in [0.5, 0.6) is 0 Å². The van der Waals surface area contributed by atoms with Crippen molar-refractivity contribution in [3.05, 3.63) is 36.0 Å². The van der Waals surface area contributed by atoms with Gasteiger partial charge in [-0.05, 0) is 29.5 Å². The molecule has 0 saturated carbocycles. The number of carbonyl (C=O) groups is 1. The number of esters is 1. The van der Waals surface area contributed by atoms with E-state index < -0.39 is 0 Å². The molecule has 0 amide bonds. The van der Waals surface area contributed by atoms with E-state index >= 15 is 0 Å². The number of fused-ring (bicyclic) bond motifs is 1. The second-order valence-electron chi connectivity index (χ2n) is 4.57. The van der Waals surface area contributed by atoms with Crippen molar-refractivity contribution in [2.45, 2.75) is 32.9 Å². The Balaban J connectivity index is 2.09. The molecule has 1 N–H and O–H groups in total. The van der Waals surface area contributed by atoms with E-state index in [0.717, 1.165) is 29.3 Å².